The summed E-state index contributed by atoms with van der Waals surface area (Å²) in [6, 6.07) is 7.21. The van der Waals surface area contributed by atoms with Gasteiger partial charge in [0.1, 0.15) is 11.5 Å². The number of rotatable bonds is 8. The Morgan fingerprint density at radius 3 is 2.78 bits per heavy atom. The molecule has 2 N–H and O–H groups in total. The number of aromatic nitrogens is 2. The van der Waals surface area contributed by atoms with E-state index in [0.29, 0.717) is 35.8 Å². The smallest absolute Gasteiger partial charge is 0.270 e. The fourth-order valence-corrected chi connectivity index (χ4v) is 4.22. The fourth-order valence-electron chi connectivity index (χ4n) is 3.28. The third kappa shape index (κ3) is 5.12. The van der Waals surface area contributed by atoms with Crippen molar-refractivity contribution in [2.24, 2.45) is 0 Å². The average molecular weight is 452 g/mol. The Morgan fingerprint density at radius 2 is 2.00 bits per heavy atom. The zero-order chi connectivity index (χ0) is 22.5. The number of fused-ring (bicyclic) bond motifs is 1. The van der Waals surface area contributed by atoms with Crippen LogP contribution in [0, 0.1) is 0 Å². The summed E-state index contributed by atoms with van der Waals surface area (Å²) in [4.78, 5) is 37.5. The van der Waals surface area contributed by atoms with Crippen molar-refractivity contribution in [3.05, 3.63) is 59.1 Å². The Labute approximate surface area is 190 Å². The van der Waals surface area contributed by atoms with Crippen molar-refractivity contribution in [3.63, 3.8) is 0 Å². The molecule has 0 saturated carbocycles. The van der Waals surface area contributed by atoms with Crippen molar-refractivity contribution in [2.75, 3.05) is 40.3 Å². The van der Waals surface area contributed by atoms with Gasteiger partial charge in [-0.25, -0.2) is 4.98 Å². The average Bonchev–Trinajstić information content (AvgIpc) is 3.48. The zero-order valence-corrected chi connectivity index (χ0v) is 18.9. The van der Waals surface area contributed by atoms with Crippen molar-refractivity contribution < 1.29 is 14.3 Å². The third-order valence-electron chi connectivity index (χ3n) is 4.97. The molecule has 0 saturated heterocycles. The first kappa shape index (κ1) is 21.9. The van der Waals surface area contributed by atoms with Gasteiger partial charge in [0.25, 0.3) is 11.8 Å². The number of ether oxygens (including phenoxy) is 1. The summed E-state index contributed by atoms with van der Waals surface area (Å²) in [5.74, 6) is 0.407. The second kappa shape index (κ2) is 9.88. The van der Waals surface area contributed by atoms with Gasteiger partial charge in [-0.1, -0.05) is 0 Å². The molecule has 3 aromatic heterocycles. The summed E-state index contributed by atoms with van der Waals surface area (Å²) < 4.78 is 5.43. The van der Waals surface area contributed by atoms with Crippen LogP contribution in [0.25, 0.3) is 21.3 Å². The monoisotopic (exact) mass is 451 g/mol. The highest BCUT2D eigenvalue weighted by atomic mass is 32.1. The highest BCUT2D eigenvalue weighted by Crippen LogP contribution is 2.32. The van der Waals surface area contributed by atoms with E-state index in [4.69, 9.17) is 4.74 Å². The summed E-state index contributed by atoms with van der Waals surface area (Å²) in [7, 11) is 3.93. The summed E-state index contributed by atoms with van der Waals surface area (Å²) in [5, 5.41) is 6.60. The molecule has 1 aliphatic rings. The summed E-state index contributed by atoms with van der Waals surface area (Å²) >= 11 is 1.38. The van der Waals surface area contributed by atoms with Crippen molar-refractivity contribution in [1.29, 1.82) is 0 Å². The van der Waals surface area contributed by atoms with Crippen LogP contribution in [0.3, 0.4) is 0 Å². The lowest BCUT2D eigenvalue weighted by Gasteiger charge is -2.09. The van der Waals surface area contributed by atoms with E-state index in [0.717, 1.165) is 34.6 Å². The molecule has 9 heteroatoms. The quantitative estimate of drug-likeness (QED) is 0.547. The summed E-state index contributed by atoms with van der Waals surface area (Å²) in [6.45, 7) is 2.36. The molecule has 0 aromatic carbocycles. The van der Waals surface area contributed by atoms with E-state index in [1.165, 1.54) is 11.3 Å². The van der Waals surface area contributed by atoms with Gasteiger partial charge in [-0.05, 0) is 44.4 Å². The summed E-state index contributed by atoms with van der Waals surface area (Å²) in [6.07, 6.45) is 6.27. The van der Waals surface area contributed by atoms with Crippen molar-refractivity contribution in [2.45, 2.75) is 6.42 Å². The SMILES string of the molecule is CN(C)CCNC(=O)c1ccc(-c2cncc3ccc(C(=O)NCC4=CCCO4)nc23)s1. The van der Waals surface area contributed by atoms with Crippen LogP contribution in [0.4, 0.5) is 0 Å². The molecule has 0 spiro atoms. The molecule has 0 unspecified atom stereocenters. The van der Waals surface area contributed by atoms with Gasteiger partial charge in [-0.3, -0.25) is 14.6 Å². The van der Waals surface area contributed by atoms with Gasteiger partial charge < -0.3 is 20.3 Å². The maximum atomic E-state index is 12.6. The molecule has 0 bridgehead atoms. The second-order valence-electron chi connectivity index (χ2n) is 7.67. The largest absolute Gasteiger partial charge is 0.496 e. The van der Waals surface area contributed by atoms with Crippen molar-refractivity contribution in [3.8, 4) is 10.4 Å². The number of nitrogens with one attached hydrogen (secondary N) is 2. The number of pyridine rings is 2. The number of nitrogens with zero attached hydrogens (tertiary/aromatic N) is 3. The number of thiophene rings is 1. The topological polar surface area (TPSA) is 96.5 Å². The van der Waals surface area contributed by atoms with Gasteiger partial charge in [0.05, 0.1) is 23.5 Å². The Balaban J connectivity index is 1.54. The van der Waals surface area contributed by atoms with Gasteiger partial charge in [0, 0.05) is 47.7 Å². The first-order chi connectivity index (χ1) is 15.5. The van der Waals surface area contributed by atoms with E-state index in [1.807, 2.05) is 37.2 Å². The van der Waals surface area contributed by atoms with Crippen LogP contribution in [0.5, 0.6) is 0 Å². The molecule has 0 aliphatic carbocycles. The molecular weight excluding hydrogens is 426 g/mol. The molecule has 4 rings (SSSR count). The minimum atomic E-state index is -0.266. The minimum absolute atomic E-state index is 0.104. The van der Waals surface area contributed by atoms with Gasteiger partial charge >= 0.3 is 0 Å². The molecule has 8 nitrogen and oxygen atoms in total. The molecule has 0 radical (unpaired) electrons. The maximum absolute atomic E-state index is 12.6. The number of carbonyl (C=O) groups excluding carboxylic acids is 2. The van der Waals surface area contributed by atoms with Crippen LogP contribution in [0.1, 0.15) is 26.6 Å². The summed E-state index contributed by atoms with van der Waals surface area (Å²) in [5.41, 5.74) is 1.78. The normalized spacial score (nSPS) is 13.2. The lowest BCUT2D eigenvalue weighted by molar-refractivity contribution is 0.0940. The first-order valence-electron chi connectivity index (χ1n) is 10.4. The number of hydrogen-bond acceptors (Lipinski definition) is 7. The van der Waals surface area contributed by atoms with Crippen LogP contribution in [0.2, 0.25) is 0 Å². The second-order valence-corrected chi connectivity index (χ2v) is 8.75. The predicted molar refractivity (Wildman–Crippen MR) is 125 cm³/mol. The van der Waals surface area contributed by atoms with Gasteiger partial charge in [-0.2, -0.15) is 0 Å². The van der Waals surface area contributed by atoms with E-state index in [1.54, 1.807) is 24.5 Å². The van der Waals surface area contributed by atoms with Crippen LogP contribution < -0.4 is 10.6 Å². The van der Waals surface area contributed by atoms with E-state index < -0.39 is 0 Å². The van der Waals surface area contributed by atoms with Gasteiger partial charge in [0.15, 0.2) is 0 Å². The highest BCUT2D eigenvalue weighted by Gasteiger charge is 2.16. The van der Waals surface area contributed by atoms with E-state index in [2.05, 4.69) is 20.6 Å². The molecule has 1 aliphatic heterocycles. The predicted octanol–water partition coefficient (Wildman–Crippen LogP) is 2.68. The molecular formula is C23H25N5O3S. The first-order valence-corrected chi connectivity index (χ1v) is 11.2. The number of likely N-dealkylation sites (N-methyl/N-ethyl adjacent to an activating group) is 1. The van der Waals surface area contributed by atoms with Crippen molar-refractivity contribution in [1.82, 2.24) is 25.5 Å². The number of hydrogen-bond donors (Lipinski definition) is 2. The molecule has 3 aromatic rings. The standard InChI is InChI=1S/C23H25N5O3S/c1-28(2)10-9-25-23(30)20-8-7-19(32-20)17-14-24-12-15-5-6-18(27-21(15)17)22(29)26-13-16-4-3-11-31-16/h4-8,12,14H,3,9-11,13H2,1-2H3,(H,25,30)(H,26,29). The van der Waals surface area contributed by atoms with E-state index in [9.17, 15) is 9.59 Å². The van der Waals surface area contributed by atoms with Crippen molar-refractivity contribution >= 4 is 34.1 Å². The van der Waals surface area contributed by atoms with Crippen LogP contribution in [-0.2, 0) is 4.74 Å². The number of carbonyl (C=O) groups is 2. The molecule has 2 amide bonds. The van der Waals surface area contributed by atoms with E-state index >= 15 is 0 Å². The minimum Gasteiger partial charge on any atom is -0.496 e. The Morgan fingerprint density at radius 1 is 1.12 bits per heavy atom. The fraction of sp³-hybridized carbons (Fsp3) is 0.304. The molecule has 32 heavy (non-hydrogen) atoms. The van der Waals surface area contributed by atoms with Crippen LogP contribution >= 0.6 is 11.3 Å². The van der Waals surface area contributed by atoms with Crippen LogP contribution in [0.15, 0.2) is 48.5 Å². The van der Waals surface area contributed by atoms with Crippen LogP contribution in [-0.4, -0.2) is 67.0 Å². The highest BCUT2D eigenvalue weighted by molar-refractivity contribution is 7.17. The molecule has 4 heterocycles. The number of amides is 2. The van der Waals surface area contributed by atoms with Gasteiger partial charge in [-0.15, -0.1) is 11.3 Å². The Hall–Kier alpha value is -3.30. The molecule has 0 fully saturated rings. The lowest BCUT2D eigenvalue weighted by Crippen LogP contribution is -2.30. The maximum Gasteiger partial charge on any atom is 0.270 e. The van der Waals surface area contributed by atoms with Gasteiger partial charge in [0.2, 0.25) is 0 Å². The molecule has 166 valence electrons. The zero-order valence-electron chi connectivity index (χ0n) is 18.1. The molecule has 0 atom stereocenters. The Bertz CT molecular complexity index is 1170. The third-order valence-corrected chi connectivity index (χ3v) is 6.09. The van der Waals surface area contributed by atoms with E-state index in [-0.39, 0.29) is 11.8 Å². The lowest BCUT2D eigenvalue weighted by atomic mass is 10.1. The Kier molecular flexibility index (Phi) is 6.77.